The summed E-state index contributed by atoms with van der Waals surface area (Å²) in [5, 5.41) is 3.50. The Bertz CT molecular complexity index is 236. The number of nitrogens with zero attached hydrogens (tertiary/aromatic N) is 2. The van der Waals surface area contributed by atoms with Gasteiger partial charge in [0.1, 0.15) is 0 Å². The zero-order valence-corrected chi connectivity index (χ0v) is 11.8. The molecular formula is C14H29N3. The normalized spacial score (nSPS) is 31.6. The van der Waals surface area contributed by atoms with Crippen molar-refractivity contribution >= 4 is 0 Å². The van der Waals surface area contributed by atoms with Crippen molar-refractivity contribution < 1.29 is 0 Å². The molecule has 2 aliphatic rings. The summed E-state index contributed by atoms with van der Waals surface area (Å²) in [4.78, 5) is 5.19. The summed E-state index contributed by atoms with van der Waals surface area (Å²) in [5.41, 5.74) is 0.598. The maximum absolute atomic E-state index is 3.50. The van der Waals surface area contributed by atoms with Crippen molar-refractivity contribution in [1.82, 2.24) is 15.1 Å². The predicted octanol–water partition coefficient (Wildman–Crippen LogP) is 1.40. The standard InChI is InChI=1S/C14H29N3/c1-4-14(5-7-15-8-6-14)12-17-10-9-16(3)13(2)11-17/h13,15H,4-12H2,1-3H3. The molecule has 17 heavy (non-hydrogen) atoms. The molecule has 2 heterocycles. The van der Waals surface area contributed by atoms with Crippen molar-refractivity contribution in [2.75, 3.05) is 46.3 Å². The summed E-state index contributed by atoms with van der Waals surface area (Å²) in [5.74, 6) is 0. The lowest BCUT2D eigenvalue weighted by Gasteiger charge is -2.45. The van der Waals surface area contributed by atoms with E-state index in [2.05, 4.69) is 36.0 Å². The van der Waals surface area contributed by atoms with Gasteiger partial charge in [0.15, 0.2) is 0 Å². The first-order valence-corrected chi connectivity index (χ1v) is 7.28. The van der Waals surface area contributed by atoms with Gasteiger partial charge in [-0.2, -0.15) is 0 Å². The van der Waals surface area contributed by atoms with Crippen molar-refractivity contribution in [3.8, 4) is 0 Å². The first kappa shape index (κ1) is 13.3. The van der Waals surface area contributed by atoms with Gasteiger partial charge in [0, 0.05) is 32.2 Å². The van der Waals surface area contributed by atoms with Crippen LogP contribution in [0.5, 0.6) is 0 Å². The van der Waals surface area contributed by atoms with E-state index in [1.807, 2.05) is 0 Å². The van der Waals surface area contributed by atoms with Crippen LogP contribution < -0.4 is 5.32 Å². The summed E-state index contributed by atoms with van der Waals surface area (Å²) >= 11 is 0. The zero-order chi connectivity index (χ0) is 12.3. The average molecular weight is 239 g/mol. The van der Waals surface area contributed by atoms with Crippen LogP contribution in [-0.4, -0.2) is 62.2 Å². The molecule has 0 spiro atoms. The topological polar surface area (TPSA) is 18.5 Å². The van der Waals surface area contributed by atoms with Gasteiger partial charge in [-0.1, -0.05) is 6.92 Å². The second-order valence-corrected chi connectivity index (χ2v) is 6.17. The van der Waals surface area contributed by atoms with Crippen molar-refractivity contribution in [1.29, 1.82) is 0 Å². The van der Waals surface area contributed by atoms with Gasteiger partial charge < -0.3 is 10.2 Å². The molecule has 0 aromatic rings. The smallest absolute Gasteiger partial charge is 0.0192 e. The monoisotopic (exact) mass is 239 g/mol. The Labute approximate surface area is 107 Å². The van der Waals surface area contributed by atoms with Crippen molar-refractivity contribution in [3.05, 3.63) is 0 Å². The van der Waals surface area contributed by atoms with E-state index < -0.39 is 0 Å². The van der Waals surface area contributed by atoms with Crippen molar-refractivity contribution in [2.45, 2.75) is 39.2 Å². The fourth-order valence-corrected chi connectivity index (χ4v) is 3.32. The molecule has 0 saturated carbocycles. The number of piperazine rings is 1. The Balaban J connectivity index is 1.90. The summed E-state index contributed by atoms with van der Waals surface area (Å²) in [6, 6.07) is 0.722. The molecule has 0 bridgehead atoms. The Morgan fingerprint density at radius 1 is 1.24 bits per heavy atom. The molecule has 1 N–H and O–H groups in total. The van der Waals surface area contributed by atoms with Crippen molar-refractivity contribution in [2.24, 2.45) is 5.41 Å². The quantitative estimate of drug-likeness (QED) is 0.803. The average Bonchev–Trinajstić information content (AvgIpc) is 2.35. The zero-order valence-electron chi connectivity index (χ0n) is 11.8. The Morgan fingerprint density at radius 2 is 1.94 bits per heavy atom. The molecule has 2 saturated heterocycles. The lowest BCUT2D eigenvalue weighted by molar-refractivity contribution is 0.0482. The molecule has 2 rings (SSSR count). The molecule has 2 fully saturated rings. The highest BCUT2D eigenvalue weighted by Crippen LogP contribution is 2.33. The minimum atomic E-state index is 0.598. The second kappa shape index (κ2) is 5.68. The van der Waals surface area contributed by atoms with E-state index in [0.29, 0.717) is 5.41 Å². The highest BCUT2D eigenvalue weighted by atomic mass is 15.3. The molecule has 2 aliphatic heterocycles. The summed E-state index contributed by atoms with van der Waals surface area (Å²) in [6.45, 7) is 12.2. The highest BCUT2D eigenvalue weighted by molar-refractivity contribution is 4.88. The molecule has 3 heteroatoms. The maximum Gasteiger partial charge on any atom is 0.0192 e. The van der Waals surface area contributed by atoms with Crippen LogP contribution in [0.3, 0.4) is 0 Å². The SMILES string of the molecule is CCC1(CN2CCN(C)C(C)C2)CCNCC1. The van der Waals surface area contributed by atoms with Gasteiger partial charge in [0.05, 0.1) is 0 Å². The highest BCUT2D eigenvalue weighted by Gasteiger charge is 2.33. The Kier molecular flexibility index (Phi) is 4.45. The Morgan fingerprint density at radius 3 is 2.53 bits per heavy atom. The number of hydrogen-bond donors (Lipinski definition) is 1. The van der Waals surface area contributed by atoms with Crippen LogP contribution in [0.15, 0.2) is 0 Å². The van der Waals surface area contributed by atoms with E-state index in [9.17, 15) is 0 Å². The van der Waals surface area contributed by atoms with Crippen LogP contribution >= 0.6 is 0 Å². The van der Waals surface area contributed by atoms with Crippen molar-refractivity contribution in [3.63, 3.8) is 0 Å². The first-order chi connectivity index (χ1) is 8.15. The van der Waals surface area contributed by atoms with Crippen LogP contribution in [-0.2, 0) is 0 Å². The van der Waals surface area contributed by atoms with E-state index in [0.717, 1.165) is 6.04 Å². The van der Waals surface area contributed by atoms with E-state index in [1.54, 1.807) is 0 Å². The van der Waals surface area contributed by atoms with Crippen LogP contribution in [0.2, 0.25) is 0 Å². The largest absolute Gasteiger partial charge is 0.317 e. The van der Waals surface area contributed by atoms with Gasteiger partial charge in [-0.3, -0.25) is 4.90 Å². The third-order valence-electron chi connectivity index (χ3n) is 5.02. The summed E-state index contributed by atoms with van der Waals surface area (Å²) in [6.07, 6.45) is 4.07. The van der Waals surface area contributed by atoms with E-state index in [4.69, 9.17) is 0 Å². The molecule has 0 aromatic heterocycles. The summed E-state index contributed by atoms with van der Waals surface area (Å²) in [7, 11) is 2.25. The number of nitrogens with one attached hydrogen (secondary N) is 1. The fraction of sp³-hybridized carbons (Fsp3) is 1.00. The van der Waals surface area contributed by atoms with Crippen LogP contribution in [0.1, 0.15) is 33.1 Å². The lowest BCUT2D eigenvalue weighted by atomic mass is 9.76. The molecule has 1 unspecified atom stereocenters. The van der Waals surface area contributed by atoms with Gasteiger partial charge in [-0.05, 0) is 51.7 Å². The Hall–Kier alpha value is -0.120. The van der Waals surface area contributed by atoms with Crippen LogP contribution in [0.25, 0.3) is 0 Å². The molecule has 0 aromatic carbocycles. The molecule has 3 nitrogen and oxygen atoms in total. The van der Waals surface area contributed by atoms with E-state index in [-0.39, 0.29) is 0 Å². The third kappa shape index (κ3) is 3.21. The van der Waals surface area contributed by atoms with Crippen LogP contribution in [0.4, 0.5) is 0 Å². The maximum atomic E-state index is 3.50. The third-order valence-corrected chi connectivity index (χ3v) is 5.02. The molecule has 0 amide bonds. The number of piperidine rings is 1. The number of likely N-dealkylation sites (N-methyl/N-ethyl adjacent to an activating group) is 1. The van der Waals surface area contributed by atoms with Gasteiger partial charge in [0.2, 0.25) is 0 Å². The molecule has 100 valence electrons. The molecule has 1 atom stereocenters. The second-order valence-electron chi connectivity index (χ2n) is 6.17. The predicted molar refractivity (Wildman–Crippen MR) is 73.4 cm³/mol. The number of rotatable bonds is 3. The van der Waals surface area contributed by atoms with Crippen LogP contribution in [0, 0.1) is 5.41 Å². The first-order valence-electron chi connectivity index (χ1n) is 7.28. The lowest BCUT2D eigenvalue weighted by Crippen LogP contribution is -2.54. The van der Waals surface area contributed by atoms with Gasteiger partial charge >= 0.3 is 0 Å². The van der Waals surface area contributed by atoms with E-state index in [1.165, 1.54) is 58.5 Å². The minimum absolute atomic E-state index is 0.598. The number of hydrogen-bond acceptors (Lipinski definition) is 3. The fourth-order valence-electron chi connectivity index (χ4n) is 3.32. The molecular weight excluding hydrogens is 210 g/mol. The van der Waals surface area contributed by atoms with Gasteiger partial charge in [-0.25, -0.2) is 0 Å². The summed E-state index contributed by atoms with van der Waals surface area (Å²) < 4.78 is 0. The molecule has 0 radical (unpaired) electrons. The van der Waals surface area contributed by atoms with E-state index >= 15 is 0 Å². The molecule has 0 aliphatic carbocycles. The minimum Gasteiger partial charge on any atom is -0.317 e. The van der Waals surface area contributed by atoms with Gasteiger partial charge in [0.25, 0.3) is 0 Å². The van der Waals surface area contributed by atoms with Gasteiger partial charge in [-0.15, -0.1) is 0 Å².